The van der Waals surface area contributed by atoms with E-state index >= 15 is 0 Å². The fourth-order valence-corrected chi connectivity index (χ4v) is 1.30. The minimum atomic E-state index is -0.594. The zero-order valence-electron chi connectivity index (χ0n) is 17.4. The maximum absolute atomic E-state index is 11.5. The summed E-state index contributed by atoms with van der Waals surface area (Å²) < 4.78 is 14.2. The predicted molar refractivity (Wildman–Crippen MR) is 97.4 cm³/mol. The Labute approximate surface area is 156 Å². The summed E-state index contributed by atoms with van der Waals surface area (Å²) in [7, 11) is 1.42. The molecule has 0 radical (unpaired) electrons. The summed E-state index contributed by atoms with van der Waals surface area (Å²) in [5.41, 5.74) is -0.835. The number of ketones is 1. The van der Waals surface area contributed by atoms with E-state index in [9.17, 15) is 19.2 Å². The van der Waals surface area contributed by atoms with Gasteiger partial charge in [0.1, 0.15) is 25.4 Å². The molecule has 0 fully saturated rings. The molecule has 0 saturated heterocycles. The van der Waals surface area contributed by atoms with Gasteiger partial charge in [-0.1, -0.05) is 13.8 Å². The third-order valence-corrected chi connectivity index (χ3v) is 4.03. The van der Waals surface area contributed by atoms with Crippen LogP contribution in [-0.4, -0.2) is 44.0 Å². The van der Waals surface area contributed by atoms with E-state index in [2.05, 4.69) is 4.74 Å². The van der Waals surface area contributed by atoms with E-state index in [1.807, 2.05) is 27.7 Å². The lowest BCUT2D eigenvalue weighted by Gasteiger charge is -2.20. The number of ether oxygens (including phenoxy) is 3. The Morgan fingerprint density at radius 3 is 1.54 bits per heavy atom. The van der Waals surface area contributed by atoms with Crippen LogP contribution in [0, 0.1) is 10.8 Å². The van der Waals surface area contributed by atoms with E-state index < -0.39 is 11.4 Å². The number of esters is 3. The number of carbonyl (C=O) groups is 4. The van der Waals surface area contributed by atoms with Crippen molar-refractivity contribution in [2.45, 2.75) is 67.7 Å². The van der Waals surface area contributed by atoms with Crippen LogP contribution >= 0.6 is 0 Å². The van der Waals surface area contributed by atoms with Crippen LogP contribution in [0.3, 0.4) is 0 Å². The highest BCUT2D eigenvalue weighted by Crippen LogP contribution is 2.21. The Balaban J connectivity index is 0. The van der Waals surface area contributed by atoms with Crippen LogP contribution in [0.5, 0.6) is 0 Å². The first kappa shape index (κ1) is 26.3. The van der Waals surface area contributed by atoms with E-state index in [1.165, 1.54) is 14.0 Å². The number of rotatable bonds is 9. The standard InChI is InChI=1S/C12H20O5.C7H14O2/c1-5-12(3,4)11(15)17-7-6-16-10(14)8-9(2)13;1-5-7(2,3)6(8)9-4/h5-8H2,1-4H3;5H2,1-4H3. The van der Waals surface area contributed by atoms with Crippen LogP contribution in [0.4, 0.5) is 0 Å². The average Bonchev–Trinajstić information content (AvgIpc) is 2.57. The molecule has 0 heterocycles. The van der Waals surface area contributed by atoms with Gasteiger partial charge < -0.3 is 14.2 Å². The quantitative estimate of drug-likeness (QED) is 0.265. The molecular weight excluding hydrogens is 340 g/mol. The minimum absolute atomic E-state index is 0.0162. The van der Waals surface area contributed by atoms with Crippen molar-refractivity contribution in [2.24, 2.45) is 10.8 Å². The summed E-state index contributed by atoms with van der Waals surface area (Å²) in [5.74, 6) is -1.30. The van der Waals surface area contributed by atoms with E-state index in [4.69, 9.17) is 9.47 Å². The van der Waals surface area contributed by atoms with Crippen LogP contribution in [-0.2, 0) is 33.4 Å². The summed E-state index contributed by atoms with van der Waals surface area (Å²) in [6.07, 6.45) is 1.25. The molecule has 0 spiro atoms. The molecule has 0 aliphatic rings. The van der Waals surface area contributed by atoms with Crippen molar-refractivity contribution in [3.8, 4) is 0 Å². The Hall–Kier alpha value is -1.92. The number of Topliss-reactive ketones (excluding diaryl/α,β-unsaturated/α-hetero) is 1. The van der Waals surface area contributed by atoms with Gasteiger partial charge in [0.25, 0.3) is 0 Å². The van der Waals surface area contributed by atoms with Gasteiger partial charge >= 0.3 is 17.9 Å². The number of hydrogen-bond acceptors (Lipinski definition) is 7. The Bertz CT molecular complexity index is 478. The average molecular weight is 374 g/mol. The lowest BCUT2D eigenvalue weighted by molar-refractivity contribution is -0.159. The molecule has 0 atom stereocenters. The number of hydrogen-bond donors (Lipinski definition) is 0. The van der Waals surface area contributed by atoms with Crippen molar-refractivity contribution in [3.05, 3.63) is 0 Å². The van der Waals surface area contributed by atoms with Gasteiger partial charge in [-0.15, -0.1) is 0 Å². The topological polar surface area (TPSA) is 96.0 Å². The van der Waals surface area contributed by atoms with E-state index in [0.717, 1.165) is 6.42 Å². The lowest BCUT2D eigenvalue weighted by Crippen LogP contribution is -2.27. The second kappa shape index (κ2) is 12.4. The summed E-state index contributed by atoms with van der Waals surface area (Å²) in [6, 6.07) is 0. The second-order valence-corrected chi connectivity index (χ2v) is 7.20. The maximum Gasteiger partial charge on any atom is 0.313 e. The highest BCUT2D eigenvalue weighted by Gasteiger charge is 2.27. The van der Waals surface area contributed by atoms with Crippen molar-refractivity contribution < 1.29 is 33.4 Å². The monoisotopic (exact) mass is 374 g/mol. The molecule has 0 bridgehead atoms. The zero-order valence-corrected chi connectivity index (χ0v) is 17.4. The molecule has 0 saturated carbocycles. The number of carbonyl (C=O) groups excluding carboxylic acids is 4. The summed E-state index contributed by atoms with van der Waals surface area (Å²) in [5, 5.41) is 0. The number of methoxy groups -OCH3 is 1. The van der Waals surface area contributed by atoms with Gasteiger partial charge in [-0.05, 0) is 47.5 Å². The van der Waals surface area contributed by atoms with Crippen molar-refractivity contribution in [2.75, 3.05) is 20.3 Å². The normalized spacial score (nSPS) is 10.9. The Morgan fingerprint density at radius 1 is 0.769 bits per heavy atom. The third-order valence-electron chi connectivity index (χ3n) is 4.03. The zero-order chi connectivity index (χ0) is 21.0. The molecule has 0 amide bonds. The molecule has 0 aromatic heterocycles. The van der Waals surface area contributed by atoms with Crippen LogP contribution < -0.4 is 0 Å². The van der Waals surface area contributed by atoms with Crippen LogP contribution in [0.2, 0.25) is 0 Å². The van der Waals surface area contributed by atoms with E-state index in [-0.39, 0.29) is 42.8 Å². The Kier molecular flexibility index (Phi) is 12.6. The molecule has 0 aliphatic heterocycles. The van der Waals surface area contributed by atoms with Gasteiger partial charge in [-0.3, -0.25) is 19.2 Å². The first-order valence-electron chi connectivity index (χ1n) is 8.74. The fraction of sp³-hybridized carbons (Fsp3) is 0.789. The van der Waals surface area contributed by atoms with Crippen molar-refractivity contribution in [3.63, 3.8) is 0 Å². The van der Waals surface area contributed by atoms with Gasteiger partial charge in [-0.2, -0.15) is 0 Å². The molecule has 7 nitrogen and oxygen atoms in total. The van der Waals surface area contributed by atoms with Gasteiger partial charge in [0.2, 0.25) is 0 Å². The van der Waals surface area contributed by atoms with Gasteiger partial charge in [0.15, 0.2) is 0 Å². The third kappa shape index (κ3) is 11.6. The summed E-state index contributed by atoms with van der Waals surface area (Å²) >= 11 is 0. The van der Waals surface area contributed by atoms with Gasteiger partial charge in [0, 0.05) is 0 Å². The van der Waals surface area contributed by atoms with Crippen molar-refractivity contribution >= 4 is 23.7 Å². The first-order valence-corrected chi connectivity index (χ1v) is 8.74. The predicted octanol–water partition coefficient (Wildman–Crippen LogP) is 3.08. The van der Waals surface area contributed by atoms with Gasteiger partial charge in [0.05, 0.1) is 17.9 Å². The van der Waals surface area contributed by atoms with E-state index in [0.29, 0.717) is 6.42 Å². The molecule has 0 aliphatic carbocycles. The molecule has 0 aromatic carbocycles. The van der Waals surface area contributed by atoms with Crippen molar-refractivity contribution in [1.29, 1.82) is 0 Å². The molecule has 0 unspecified atom stereocenters. The van der Waals surface area contributed by atoms with E-state index in [1.54, 1.807) is 13.8 Å². The van der Waals surface area contributed by atoms with Crippen molar-refractivity contribution in [1.82, 2.24) is 0 Å². The summed E-state index contributed by atoms with van der Waals surface area (Å²) in [4.78, 5) is 43.9. The fourth-order valence-electron chi connectivity index (χ4n) is 1.30. The van der Waals surface area contributed by atoms with Gasteiger partial charge in [-0.25, -0.2) is 0 Å². The Morgan fingerprint density at radius 2 is 1.19 bits per heavy atom. The molecule has 152 valence electrons. The highest BCUT2D eigenvalue weighted by molar-refractivity contribution is 5.94. The molecule has 0 aromatic rings. The molecule has 0 N–H and O–H groups in total. The lowest BCUT2D eigenvalue weighted by atomic mass is 9.91. The van der Waals surface area contributed by atoms with Crippen LogP contribution in [0.1, 0.15) is 67.7 Å². The second-order valence-electron chi connectivity index (χ2n) is 7.20. The van der Waals surface area contributed by atoms with Crippen LogP contribution in [0.25, 0.3) is 0 Å². The minimum Gasteiger partial charge on any atom is -0.469 e. The first-order chi connectivity index (χ1) is 11.8. The smallest absolute Gasteiger partial charge is 0.313 e. The summed E-state index contributed by atoms with van der Waals surface area (Å²) in [6.45, 7) is 12.5. The molecular formula is C19H34O7. The molecule has 26 heavy (non-hydrogen) atoms. The largest absolute Gasteiger partial charge is 0.469 e. The maximum atomic E-state index is 11.5. The molecule has 7 heteroatoms. The SMILES string of the molecule is CCC(C)(C)C(=O)OC.CCC(C)(C)C(=O)OCCOC(=O)CC(C)=O. The van der Waals surface area contributed by atoms with Crippen LogP contribution in [0.15, 0.2) is 0 Å². The highest BCUT2D eigenvalue weighted by atomic mass is 16.6. The molecule has 0 rings (SSSR count).